The maximum absolute atomic E-state index is 13.4. The van der Waals surface area contributed by atoms with Gasteiger partial charge in [0.15, 0.2) is 0 Å². The summed E-state index contributed by atoms with van der Waals surface area (Å²) >= 11 is 6.46. The summed E-state index contributed by atoms with van der Waals surface area (Å²) in [6.45, 7) is 5.65. The SMILES string of the molecule is CCOC(=O)CCc1cc(OC)c2c(c1)N(c1cccc3c1CCN(C(=O)c1ccc(OCC)cc1Cl)C3)NN2C. The molecule has 0 spiro atoms. The van der Waals surface area contributed by atoms with Crippen molar-refractivity contribution in [2.75, 3.05) is 43.9 Å². The standard InChI is InChI=1S/C31H35ClN4O5/c1-5-40-22-11-12-24(25(32)18-22)31(38)35-15-14-23-21(19-35)8-7-9-26(23)36-27-16-20(10-13-29(37)41-6-2)17-28(39-4)30(27)34(3)33-36/h7-9,11-12,16-18,33H,5-6,10,13-15,19H2,1-4H3. The van der Waals surface area contributed by atoms with E-state index >= 15 is 0 Å². The van der Waals surface area contributed by atoms with Crippen LogP contribution in [0.15, 0.2) is 48.5 Å². The lowest BCUT2D eigenvalue weighted by molar-refractivity contribution is -0.143. The molecule has 0 bridgehead atoms. The third kappa shape index (κ3) is 5.78. The minimum Gasteiger partial charge on any atom is -0.494 e. The fraction of sp³-hybridized carbons (Fsp3) is 0.355. The van der Waals surface area contributed by atoms with E-state index in [2.05, 4.69) is 23.7 Å². The van der Waals surface area contributed by atoms with Gasteiger partial charge in [0.1, 0.15) is 17.2 Å². The predicted octanol–water partition coefficient (Wildman–Crippen LogP) is 5.45. The molecule has 2 heterocycles. The number of benzene rings is 3. The largest absolute Gasteiger partial charge is 0.494 e. The first-order valence-electron chi connectivity index (χ1n) is 13.8. The van der Waals surface area contributed by atoms with E-state index in [0.29, 0.717) is 67.7 Å². The number of carbonyl (C=O) groups is 2. The Morgan fingerprint density at radius 3 is 2.61 bits per heavy atom. The van der Waals surface area contributed by atoms with Gasteiger partial charge in [-0.1, -0.05) is 23.7 Å². The summed E-state index contributed by atoms with van der Waals surface area (Å²) < 4.78 is 16.4. The van der Waals surface area contributed by atoms with Crippen LogP contribution in [0.1, 0.15) is 47.3 Å². The van der Waals surface area contributed by atoms with Crippen LogP contribution in [0.4, 0.5) is 17.1 Å². The van der Waals surface area contributed by atoms with Crippen molar-refractivity contribution in [3.63, 3.8) is 0 Å². The molecule has 3 aromatic rings. The van der Waals surface area contributed by atoms with Gasteiger partial charge in [-0.15, -0.1) is 5.53 Å². The zero-order valence-corrected chi connectivity index (χ0v) is 24.6. The Kier molecular flexibility index (Phi) is 8.56. The van der Waals surface area contributed by atoms with E-state index in [9.17, 15) is 9.59 Å². The van der Waals surface area contributed by atoms with E-state index < -0.39 is 0 Å². The van der Waals surface area contributed by atoms with Crippen molar-refractivity contribution in [2.24, 2.45) is 0 Å². The van der Waals surface area contributed by atoms with Gasteiger partial charge in [-0.25, -0.2) is 0 Å². The molecule has 3 aromatic carbocycles. The van der Waals surface area contributed by atoms with Crippen LogP contribution in [-0.2, 0) is 28.9 Å². The molecule has 9 nitrogen and oxygen atoms in total. The molecule has 5 rings (SSSR count). The van der Waals surface area contributed by atoms with Crippen LogP contribution in [0.5, 0.6) is 11.5 Å². The maximum atomic E-state index is 13.4. The Hall–Kier alpha value is -3.95. The van der Waals surface area contributed by atoms with Gasteiger partial charge in [0.25, 0.3) is 5.91 Å². The Balaban J connectivity index is 1.41. The van der Waals surface area contributed by atoms with Crippen molar-refractivity contribution in [3.8, 4) is 11.5 Å². The monoisotopic (exact) mass is 578 g/mol. The van der Waals surface area contributed by atoms with Crippen LogP contribution in [0.25, 0.3) is 0 Å². The van der Waals surface area contributed by atoms with Gasteiger partial charge in [-0.2, -0.15) is 0 Å². The Morgan fingerprint density at radius 1 is 1.05 bits per heavy atom. The number of hydrogen-bond acceptors (Lipinski definition) is 8. The first-order chi connectivity index (χ1) is 19.8. The minimum atomic E-state index is -0.221. The molecule has 0 atom stereocenters. The van der Waals surface area contributed by atoms with Crippen LogP contribution in [0.2, 0.25) is 5.02 Å². The lowest BCUT2D eigenvalue weighted by atomic mass is 9.96. The van der Waals surface area contributed by atoms with Gasteiger partial charge in [-0.05, 0) is 79.8 Å². The number of ether oxygens (including phenoxy) is 3. The van der Waals surface area contributed by atoms with Crippen molar-refractivity contribution in [1.82, 2.24) is 10.4 Å². The number of aryl methyl sites for hydroxylation is 1. The van der Waals surface area contributed by atoms with E-state index in [4.69, 9.17) is 25.8 Å². The second-order valence-electron chi connectivity index (χ2n) is 9.93. The van der Waals surface area contributed by atoms with Crippen LogP contribution in [0, 0.1) is 0 Å². The van der Waals surface area contributed by atoms with Gasteiger partial charge in [0.05, 0.1) is 42.3 Å². The molecule has 10 heteroatoms. The lowest BCUT2D eigenvalue weighted by Crippen LogP contribution is -2.41. The highest BCUT2D eigenvalue weighted by molar-refractivity contribution is 6.34. The molecule has 41 heavy (non-hydrogen) atoms. The van der Waals surface area contributed by atoms with Crippen LogP contribution in [-0.4, -0.2) is 50.7 Å². The molecule has 1 amide bonds. The summed E-state index contributed by atoms with van der Waals surface area (Å²) in [4.78, 5) is 27.3. The van der Waals surface area contributed by atoms with E-state index in [-0.39, 0.29) is 11.9 Å². The van der Waals surface area contributed by atoms with Gasteiger partial charge >= 0.3 is 5.97 Å². The quantitative estimate of drug-likeness (QED) is 0.336. The Bertz CT molecular complexity index is 1460. The number of rotatable bonds is 9. The minimum absolute atomic E-state index is 0.102. The van der Waals surface area contributed by atoms with E-state index in [0.717, 1.165) is 28.2 Å². The third-order valence-corrected chi connectivity index (χ3v) is 7.65. The van der Waals surface area contributed by atoms with Crippen LogP contribution < -0.4 is 25.0 Å². The molecule has 216 valence electrons. The smallest absolute Gasteiger partial charge is 0.306 e. The van der Waals surface area contributed by atoms with Gasteiger partial charge in [0.2, 0.25) is 0 Å². The molecule has 0 saturated carbocycles. The summed E-state index contributed by atoms with van der Waals surface area (Å²) in [7, 11) is 3.59. The second-order valence-corrected chi connectivity index (χ2v) is 10.3. The average Bonchev–Trinajstić information content (AvgIpc) is 3.31. The summed E-state index contributed by atoms with van der Waals surface area (Å²) in [5.41, 5.74) is 9.96. The van der Waals surface area contributed by atoms with E-state index in [1.807, 2.05) is 41.0 Å². The van der Waals surface area contributed by atoms with Crippen molar-refractivity contribution in [2.45, 2.75) is 39.7 Å². The number of fused-ring (bicyclic) bond motifs is 2. The van der Waals surface area contributed by atoms with Gasteiger partial charge < -0.3 is 19.1 Å². The number of esters is 1. The van der Waals surface area contributed by atoms with Crippen molar-refractivity contribution in [1.29, 1.82) is 0 Å². The second kappa shape index (κ2) is 12.3. The number of anilines is 3. The number of hydrazine groups is 2. The molecule has 0 aliphatic carbocycles. The van der Waals surface area contributed by atoms with Gasteiger partial charge in [0, 0.05) is 26.6 Å². The molecule has 2 aliphatic heterocycles. The first kappa shape index (κ1) is 28.6. The third-order valence-electron chi connectivity index (χ3n) is 7.34. The molecular formula is C31H35ClN4O5. The fourth-order valence-corrected chi connectivity index (χ4v) is 5.69. The summed E-state index contributed by atoms with van der Waals surface area (Å²) in [5, 5.41) is 4.36. The van der Waals surface area contributed by atoms with Crippen molar-refractivity contribution >= 4 is 40.5 Å². The zero-order valence-electron chi connectivity index (χ0n) is 23.8. The van der Waals surface area contributed by atoms with Crippen molar-refractivity contribution in [3.05, 3.63) is 75.8 Å². The number of nitrogens with one attached hydrogen (secondary N) is 1. The fourth-order valence-electron chi connectivity index (χ4n) is 5.44. The number of amides is 1. The zero-order chi connectivity index (χ0) is 29.1. The molecule has 0 aromatic heterocycles. The topological polar surface area (TPSA) is 83.6 Å². The van der Waals surface area contributed by atoms with Crippen LogP contribution >= 0.6 is 11.6 Å². The number of halogens is 1. The molecular weight excluding hydrogens is 544 g/mol. The Labute approximate surface area is 245 Å². The normalized spacial score (nSPS) is 14.0. The van der Waals surface area contributed by atoms with Crippen LogP contribution in [0.3, 0.4) is 0 Å². The molecule has 0 fully saturated rings. The average molecular weight is 579 g/mol. The molecule has 0 radical (unpaired) electrons. The predicted molar refractivity (Wildman–Crippen MR) is 159 cm³/mol. The first-order valence-corrected chi connectivity index (χ1v) is 14.2. The number of nitrogens with zero attached hydrogens (tertiary/aromatic N) is 3. The number of hydrogen-bond donors (Lipinski definition) is 1. The van der Waals surface area contributed by atoms with E-state index in [1.165, 1.54) is 5.56 Å². The summed E-state index contributed by atoms with van der Waals surface area (Å²) in [6.07, 6.45) is 1.52. The molecule has 2 aliphatic rings. The molecule has 0 saturated heterocycles. The van der Waals surface area contributed by atoms with Gasteiger partial charge in [-0.3, -0.25) is 19.6 Å². The Morgan fingerprint density at radius 2 is 1.88 bits per heavy atom. The molecule has 1 N–H and O–H groups in total. The molecule has 0 unspecified atom stereocenters. The van der Waals surface area contributed by atoms with E-state index in [1.54, 1.807) is 32.2 Å². The highest BCUT2D eigenvalue weighted by atomic mass is 35.5. The summed E-state index contributed by atoms with van der Waals surface area (Å²) in [5.74, 6) is 1.04. The number of methoxy groups -OCH3 is 1. The highest BCUT2D eigenvalue weighted by Crippen LogP contribution is 2.46. The highest BCUT2D eigenvalue weighted by Gasteiger charge is 2.32. The summed E-state index contributed by atoms with van der Waals surface area (Å²) in [6, 6.07) is 15.4. The lowest BCUT2D eigenvalue weighted by Gasteiger charge is -2.32. The van der Waals surface area contributed by atoms with Crippen molar-refractivity contribution < 1.29 is 23.8 Å². The maximum Gasteiger partial charge on any atom is 0.306 e. The number of carbonyl (C=O) groups excluding carboxylic acids is 2.